The Morgan fingerprint density at radius 2 is 1.94 bits per heavy atom. The molecule has 0 spiro atoms. The van der Waals surface area contributed by atoms with Gasteiger partial charge in [0.25, 0.3) is 0 Å². The van der Waals surface area contributed by atoms with Crippen LogP contribution in [0.1, 0.15) is 30.4 Å². The molecule has 0 atom stereocenters. The number of benzene rings is 1. The molecule has 1 aromatic carbocycles. The van der Waals surface area contributed by atoms with Crippen LogP contribution in [0, 0.1) is 0 Å². The van der Waals surface area contributed by atoms with Crippen LogP contribution in [0.4, 0.5) is 0 Å². The predicted octanol–water partition coefficient (Wildman–Crippen LogP) is 1.46. The Kier molecular flexibility index (Phi) is 2.92. The molecule has 1 heterocycles. The summed E-state index contributed by atoms with van der Waals surface area (Å²) in [6.45, 7) is 1.61. The molecule has 4 nitrogen and oxygen atoms in total. The Morgan fingerprint density at radius 1 is 1.22 bits per heavy atom. The first-order chi connectivity index (χ1) is 8.59. The summed E-state index contributed by atoms with van der Waals surface area (Å²) < 4.78 is 26.5. The highest BCUT2D eigenvalue weighted by atomic mass is 32.2. The number of rotatable bonds is 3. The van der Waals surface area contributed by atoms with Crippen molar-refractivity contribution in [2.45, 2.75) is 43.3 Å². The molecule has 1 fully saturated rings. The Bertz CT molecular complexity index is 564. The highest BCUT2D eigenvalue weighted by Crippen LogP contribution is 2.29. The topological polar surface area (TPSA) is 49.4 Å². The molecule has 0 unspecified atom stereocenters. The minimum atomic E-state index is -3.32. The molecule has 1 aliphatic carbocycles. The van der Waals surface area contributed by atoms with Crippen molar-refractivity contribution in [1.29, 1.82) is 0 Å². The molecule has 0 saturated heterocycles. The van der Waals surface area contributed by atoms with E-state index < -0.39 is 10.0 Å². The van der Waals surface area contributed by atoms with E-state index in [1.165, 1.54) is 5.56 Å². The fraction of sp³-hybridized carbons (Fsp3) is 0.538. The second-order valence-corrected chi connectivity index (χ2v) is 7.14. The maximum Gasteiger partial charge on any atom is 0.243 e. The molecule has 1 aliphatic heterocycles. The molecule has 1 N–H and O–H groups in total. The largest absolute Gasteiger partial charge is 0.309 e. The number of fused-ring (bicyclic) bond motifs is 1. The standard InChI is InChI=1S/C13H18N2O2S/c1-15(12-3-2-4-12)18(16,17)13-6-5-10-8-14-9-11(10)7-13/h5-7,12,14H,2-4,8-9H2,1H3. The quantitative estimate of drug-likeness (QED) is 0.901. The predicted molar refractivity (Wildman–Crippen MR) is 69.6 cm³/mol. The van der Waals surface area contributed by atoms with Crippen LogP contribution in [0.5, 0.6) is 0 Å². The van der Waals surface area contributed by atoms with E-state index in [0.29, 0.717) is 4.90 Å². The van der Waals surface area contributed by atoms with Crippen molar-refractivity contribution >= 4 is 10.0 Å². The monoisotopic (exact) mass is 266 g/mol. The molecular formula is C13H18N2O2S. The van der Waals surface area contributed by atoms with Gasteiger partial charge in [0.2, 0.25) is 10.0 Å². The van der Waals surface area contributed by atoms with Gasteiger partial charge in [0.1, 0.15) is 0 Å². The van der Waals surface area contributed by atoms with Gasteiger partial charge in [-0.05, 0) is 36.1 Å². The third-order valence-electron chi connectivity index (χ3n) is 4.07. The van der Waals surface area contributed by atoms with E-state index >= 15 is 0 Å². The molecule has 0 amide bonds. The van der Waals surface area contributed by atoms with Crippen LogP contribution in [0.2, 0.25) is 0 Å². The number of hydrogen-bond donors (Lipinski definition) is 1. The van der Waals surface area contributed by atoms with Crippen LogP contribution in [0.25, 0.3) is 0 Å². The number of hydrogen-bond acceptors (Lipinski definition) is 3. The first-order valence-corrected chi connectivity index (χ1v) is 7.83. The van der Waals surface area contributed by atoms with Crippen molar-refractivity contribution in [3.05, 3.63) is 29.3 Å². The lowest BCUT2D eigenvalue weighted by atomic mass is 9.94. The van der Waals surface area contributed by atoms with Crippen LogP contribution in [-0.4, -0.2) is 25.8 Å². The first-order valence-electron chi connectivity index (χ1n) is 6.39. The van der Waals surface area contributed by atoms with Gasteiger partial charge < -0.3 is 5.32 Å². The summed E-state index contributed by atoms with van der Waals surface area (Å²) in [5, 5.41) is 3.23. The lowest BCUT2D eigenvalue weighted by Gasteiger charge is -2.33. The Morgan fingerprint density at radius 3 is 2.61 bits per heavy atom. The van der Waals surface area contributed by atoms with Gasteiger partial charge in [-0.3, -0.25) is 0 Å². The van der Waals surface area contributed by atoms with Gasteiger partial charge in [0, 0.05) is 26.2 Å². The second kappa shape index (κ2) is 4.33. The lowest BCUT2D eigenvalue weighted by molar-refractivity contribution is 0.249. The van der Waals surface area contributed by atoms with Gasteiger partial charge in [-0.2, -0.15) is 4.31 Å². The van der Waals surface area contributed by atoms with Crippen LogP contribution in [0.3, 0.4) is 0 Å². The highest BCUT2D eigenvalue weighted by molar-refractivity contribution is 7.89. The summed E-state index contributed by atoms with van der Waals surface area (Å²) in [4.78, 5) is 0.430. The molecule has 0 radical (unpaired) electrons. The maximum atomic E-state index is 12.5. The van der Waals surface area contributed by atoms with E-state index in [-0.39, 0.29) is 6.04 Å². The summed E-state index contributed by atoms with van der Waals surface area (Å²) in [5.41, 5.74) is 2.32. The average molecular weight is 266 g/mol. The molecule has 0 aromatic heterocycles. The summed E-state index contributed by atoms with van der Waals surface area (Å²) in [7, 11) is -1.62. The van der Waals surface area contributed by atoms with E-state index in [0.717, 1.165) is 37.9 Å². The third kappa shape index (κ3) is 1.86. The fourth-order valence-electron chi connectivity index (χ4n) is 2.54. The zero-order valence-electron chi connectivity index (χ0n) is 10.5. The normalized spacial score (nSPS) is 19.9. The number of nitrogens with one attached hydrogen (secondary N) is 1. The maximum absolute atomic E-state index is 12.5. The van der Waals surface area contributed by atoms with Crippen molar-refractivity contribution < 1.29 is 8.42 Å². The minimum absolute atomic E-state index is 0.196. The van der Waals surface area contributed by atoms with Crippen molar-refractivity contribution in [3.8, 4) is 0 Å². The zero-order valence-corrected chi connectivity index (χ0v) is 11.3. The number of sulfonamides is 1. The molecular weight excluding hydrogens is 248 g/mol. The van der Waals surface area contributed by atoms with E-state index in [9.17, 15) is 8.42 Å². The van der Waals surface area contributed by atoms with Crippen LogP contribution in [-0.2, 0) is 23.1 Å². The second-order valence-electron chi connectivity index (χ2n) is 5.14. The summed E-state index contributed by atoms with van der Waals surface area (Å²) in [5.74, 6) is 0. The van der Waals surface area contributed by atoms with Crippen molar-refractivity contribution in [3.63, 3.8) is 0 Å². The van der Waals surface area contributed by atoms with E-state index in [4.69, 9.17) is 0 Å². The third-order valence-corrected chi connectivity index (χ3v) is 5.98. The Hall–Kier alpha value is -0.910. The van der Waals surface area contributed by atoms with Crippen LogP contribution >= 0.6 is 0 Å². The van der Waals surface area contributed by atoms with Crippen LogP contribution < -0.4 is 5.32 Å². The molecule has 98 valence electrons. The molecule has 0 bridgehead atoms. The smallest absolute Gasteiger partial charge is 0.243 e. The van der Waals surface area contributed by atoms with E-state index in [2.05, 4.69) is 5.32 Å². The van der Waals surface area contributed by atoms with Gasteiger partial charge in [-0.15, -0.1) is 0 Å². The van der Waals surface area contributed by atoms with Gasteiger partial charge >= 0.3 is 0 Å². The highest BCUT2D eigenvalue weighted by Gasteiger charge is 2.32. The zero-order chi connectivity index (χ0) is 12.8. The molecule has 1 saturated carbocycles. The van der Waals surface area contributed by atoms with Gasteiger partial charge in [0.15, 0.2) is 0 Å². The van der Waals surface area contributed by atoms with E-state index in [1.54, 1.807) is 17.4 Å². The molecule has 2 aliphatic rings. The summed E-state index contributed by atoms with van der Waals surface area (Å²) >= 11 is 0. The molecule has 5 heteroatoms. The van der Waals surface area contributed by atoms with Gasteiger partial charge in [-0.25, -0.2) is 8.42 Å². The van der Waals surface area contributed by atoms with Crippen LogP contribution in [0.15, 0.2) is 23.1 Å². The Balaban J connectivity index is 1.93. The van der Waals surface area contributed by atoms with E-state index in [1.807, 2.05) is 12.1 Å². The average Bonchev–Trinajstić information content (AvgIpc) is 2.73. The fourth-order valence-corrected chi connectivity index (χ4v) is 4.01. The summed E-state index contributed by atoms with van der Waals surface area (Å²) in [6.07, 6.45) is 3.11. The van der Waals surface area contributed by atoms with Crippen molar-refractivity contribution in [2.75, 3.05) is 7.05 Å². The lowest BCUT2D eigenvalue weighted by Crippen LogP contribution is -2.41. The first kappa shape index (κ1) is 12.1. The summed E-state index contributed by atoms with van der Waals surface area (Å²) in [6, 6.07) is 5.67. The SMILES string of the molecule is CN(C1CCC1)S(=O)(=O)c1ccc2c(c1)CNC2. The minimum Gasteiger partial charge on any atom is -0.309 e. The number of nitrogens with zero attached hydrogens (tertiary/aromatic N) is 1. The molecule has 3 rings (SSSR count). The van der Waals surface area contributed by atoms with Crippen molar-refractivity contribution in [1.82, 2.24) is 9.62 Å². The van der Waals surface area contributed by atoms with Gasteiger partial charge in [-0.1, -0.05) is 12.5 Å². The molecule has 1 aromatic rings. The van der Waals surface area contributed by atoms with Gasteiger partial charge in [0.05, 0.1) is 4.90 Å². The van der Waals surface area contributed by atoms with Crippen molar-refractivity contribution in [2.24, 2.45) is 0 Å². The Labute approximate surface area is 108 Å². The molecule has 18 heavy (non-hydrogen) atoms.